The number of rotatable bonds is 6. The summed E-state index contributed by atoms with van der Waals surface area (Å²) in [5.41, 5.74) is 3.42. The monoisotopic (exact) mass is 363 g/mol. The maximum Gasteiger partial charge on any atom is 0.257 e. The third-order valence-corrected chi connectivity index (χ3v) is 4.02. The molecule has 0 atom stereocenters. The third kappa shape index (κ3) is 4.61. The fourth-order valence-electron chi connectivity index (χ4n) is 2.51. The summed E-state index contributed by atoms with van der Waals surface area (Å²) in [6, 6.07) is 13.0. The summed E-state index contributed by atoms with van der Waals surface area (Å²) in [5, 5.41) is 2.84. The standard InChI is InChI=1S/C21H21N3O3/c1-14-6-7-15(2)18(11-14)27-19-9-8-16(12-23-19)13-24-20(25)17-5-4-10-22-21(17)26-3/h4-12H,13H2,1-3H3,(H,24,25). The Morgan fingerprint density at radius 2 is 1.96 bits per heavy atom. The number of pyridine rings is 2. The van der Waals surface area contributed by atoms with E-state index >= 15 is 0 Å². The topological polar surface area (TPSA) is 73.3 Å². The molecule has 3 aromatic rings. The summed E-state index contributed by atoms with van der Waals surface area (Å²) in [7, 11) is 1.48. The average molecular weight is 363 g/mol. The zero-order chi connectivity index (χ0) is 19.2. The molecular weight excluding hydrogens is 342 g/mol. The van der Waals surface area contributed by atoms with Crippen molar-refractivity contribution < 1.29 is 14.3 Å². The van der Waals surface area contributed by atoms with E-state index in [1.54, 1.807) is 30.6 Å². The van der Waals surface area contributed by atoms with Crippen molar-refractivity contribution in [2.24, 2.45) is 0 Å². The van der Waals surface area contributed by atoms with Gasteiger partial charge in [0.25, 0.3) is 5.91 Å². The molecule has 0 saturated heterocycles. The van der Waals surface area contributed by atoms with Crippen molar-refractivity contribution in [3.63, 3.8) is 0 Å². The second-order valence-corrected chi connectivity index (χ2v) is 6.12. The fourth-order valence-corrected chi connectivity index (χ4v) is 2.51. The highest BCUT2D eigenvalue weighted by Crippen LogP contribution is 2.24. The number of amides is 1. The molecule has 2 aromatic heterocycles. The van der Waals surface area contributed by atoms with E-state index in [-0.39, 0.29) is 5.91 Å². The van der Waals surface area contributed by atoms with Gasteiger partial charge in [0, 0.05) is 25.0 Å². The maximum atomic E-state index is 12.3. The minimum absolute atomic E-state index is 0.254. The van der Waals surface area contributed by atoms with Gasteiger partial charge in [0.15, 0.2) is 0 Å². The van der Waals surface area contributed by atoms with Crippen molar-refractivity contribution in [1.29, 1.82) is 0 Å². The largest absolute Gasteiger partial charge is 0.480 e. The van der Waals surface area contributed by atoms with Gasteiger partial charge in [-0.1, -0.05) is 18.2 Å². The highest BCUT2D eigenvalue weighted by molar-refractivity contribution is 5.96. The number of benzene rings is 1. The molecule has 0 bridgehead atoms. The van der Waals surface area contributed by atoms with Gasteiger partial charge in [-0.25, -0.2) is 9.97 Å². The Bertz CT molecular complexity index is 940. The van der Waals surface area contributed by atoms with Crippen LogP contribution in [0.25, 0.3) is 0 Å². The maximum absolute atomic E-state index is 12.3. The highest BCUT2D eigenvalue weighted by Gasteiger charge is 2.12. The Balaban J connectivity index is 1.62. The molecule has 3 rings (SSSR count). The van der Waals surface area contributed by atoms with Gasteiger partial charge in [-0.05, 0) is 48.7 Å². The van der Waals surface area contributed by atoms with Gasteiger partial charge < -0.3 is 14.8 Å². The first-order valence-corrected chi connectivity index (χ1v) is 8.54. The lowest BCUT2D eigenvalue weighted by Crippen LogP contribution is -2.23. The third-order valence-electron chi connectivity index (χ3n) is 4.02. The van der Waals surface area contributed by atoms with Gasteiger partial charge >= 0.3 is 0 Å². The lowest BCUT2D eigenvalue weighted by Gasteiger charge is -2.10. The molecule has 1 N–H and O–H groups in total. The molecule has 0 fully saturated rings. The molecule has 27 heavy (non-hydrogen) atoms. The number of nitrogens with one attached hydrogen (secondary N) is 1. The first kappa shape index (κ1) is 18.4. The van der Waals surface area contributed by atoms with Crippen LogP contribution in [-0.4, -0.2) is 23.0 Å². The van der Waals surface area contributed by atoms with E-state index in [1.807, 2.05) is 38.1 Å². The van der Waals surface area contributed by atoms with E-state index in [1.165, 1.54) is 7.11 Å². The zero-order valence-electron chi connectivity index (χ0n) is 15.5. The van der Waals surface area contributed by atoms with E-state index in [9.17, 15) is 4.79 Å². The van der Waals surface area contributed by atoms with Crippen LogP contribution in [-0.2, 0) is 6.54 Å². The summed E-state index contributed by atoms with van der Waals surface area (Å²) in [6.45, 7) is 4.35. The molecule has 0 saturated carbocycles. The lowest BCUT2D eigenvalue weighted by atomic mass is 10.1. The normalized spacial score (nSPS) is 10.3. The molecule has 2 heterocycles. The van der Waals surface area contributed by atoms with Crippen molar-refractivity contribution in [2.75, 3.05) is 7.11 Å². The summed E-state index contributed by atoms with van der Waals surface area (Å²) in [5.74, 6) is 1.33. The molecule has 0 unspecified atom stereocenters. The number of aromatic nitrogens is 2. The first-order chi connectivity index (χ1) is 13.1. The van der Waals surface area contributed by atoms with Crippen LogP contribution in [0.5, 0.6) is 17.5 Å². The number of methoxy groups -OCH3 is 1. The Morgan fingerprint density at radius 1 is 1.11 bits per heavy atom. The molecule has 138 valence electrons. The molecule has 0 radical (unpaired) electrons. The quantitative estimate of drug-likeness (QED) is 0.721. The number of hydrogen-bond acceptors (Lipinski definition) is 5. The Labute approximate surface area is 158 Å². The molecule has 0 aliphatic rings. The predicted molar refractivity (Wildman–Crippen MR) is 102 cm³/mol. The molecule has 6 nitrogen and oxygen atoms in total. The van der Waals surface area contributed by atoms with Crippen LogP contribution in [0.4, 0.5) is 0 Å². The lowest BCUT2D eigenvalue weighted by molar-refractivity contribution is 0.0947. The second kappa shape index (κ2) is 8.31. The summed E-state index contributed by atoms with van der Waals surface area (Å²) >= 11 is 0. The smallest absolute Gasteiger partial charge is 0.257 e. The van der Waals surface area contributed by atoms with Crippen LogP contribution in [0, 0.1) is 13.8 Å². The SMILES string of the molecule is COc1ncccc1C(=O)NCc1ccc(Oc2cc(C)ccc2C)nc1. The Kier molecular flexibility index (Phi) is 5.66. The van der Waals surface area contributed by atoms with Crippen LogP contribution in [0.15, 0.2) is 54.9 Å². The van der Waals surface area contributed by atoms with Crippen LogP contribution in [0.2, 0.25) is 0 Å². The van der Waals surface area contributed by atoms with E-state index in [4.69, 9.17) is 9.47 Å². The van der Waals surface area contributed by atoms with Crippen LogP contribution < -0.4 is 14.8 Å². The molecule has 0 aliphatic carbocycles. The van der Waals surface area contributed by atoms with Crippen molar-refractivity contribution >= 4 is 5.91 Å². The Morgan fingerprint density at radius 3 is 2.70 bits per heavy atom. The number of carbonyl (C=O) groups excluding carboxylic acids is 1. The molecule has 1 amide bonds. The molecule has 0 aliphatic heterocycles. The van der Waals surface area contributed by atoms with Crippen LogP contribution in [0.3, 0.4) is 0 Å². The van der Waals surface area contributed by atoms with Gasteiger partial charge in [0.2, 0.25) is 11.8 Å². The average Bonchev–Trinajstić information content (AvgIpc) is 2.70. The molecular formula is C21H21N3O3. The summed E-state index contributed by atoms with van der Waals surface area (Å²) in [4.78, 5) is 20.6. The van der Waals surface area contributed by atoms with Gasteiger partial charge in [0.1, 0.15) is 11.3 Å². The molecule has 6 heteroatoms. The molecule has 0 spiro atoms. The van der Waals surface area contributed by atoms with Gasteiger partial charge in [0.05, 0.1) is 7.11 Å². The van der Waals surface area contributed by atoms with Crippen LogP contribution >= 0.6 is 0 Å². The van der Waals surface area contributed by atoms with Gasteiger partial charge in [-0.15, -0.1) is 0 Å². The Hall–Kier alpha value is -3.41. The number of nitrogens with zero attached hydrogens (tertiary/aromatic N) is 2. The van der Waals surface area contributed by atoms with Crippen molar-refractivity contribution in [1.82, 2.24) is 15.3 Å². The number of ether oxygens (including phenoxy) is 2. The molecule has 1 aromatic carbocycles. The predicted octanol–water partition coefficient (Wildman–Crippen LogP) is 3.82. The zero-order valence-corrected chi connectivity index (χ0v) is 15.5. The van der Waals surface area contributed by atoms with Crippen molar-refractivity contribution in [3.05, 3.63) is 77.1 Å². The summed E-state index contributed by atoms with van der Waals surface area (Å²) in [6.07, 6.45) is 3.26. The van der Waals surface area contributed by atoms with Gasteiger partial charge in [-0.2, -0.15) is 0 Å². The number of aryl methyl sites for hydroxylation is 2. The van der Waals surface area contributed by atoms with Crippen molar-refractivity contribution in [3.8, 4) is 17.5 Å². The van der Waals surface area contributed by atoms with Crippen LogP contribution in [0.1, 0.15) is 27.0 Å². The summed E-state index contributed by atoms with van der Waals surface area (Å²) < 4.78 is 11.0. The number of hydrogen-bond donors (Lipinski definition) is 1. The van der Waals surface area contributed by atoms with E-state index in [0.29, 0.717) is 23.9 Å². The van der Waals surface area contributed by atoms with Crippen molar-refractivity contribution in [2.45, 2.75) is 20.4 Å². The number of carbonyl (C=O) groups is 1. The fraction of sp³-hybridized carbons (Fsp3) is 0.190. The van der Waals surface area contributed by atoms with E-state index in [0.717, 1.165) is 22.4 Å². The van der Waals surface area contributed by atoms with E-state index < -0.39 is 0 Å². The van der Waals surface area contributed by atoms with E-state index in [2.05, 4.69) is 15.3 Å². The van der Waals surface area contributed by atoms with Gasteiger partial charge in [-0.3, -0.25) is 4.79 Å². The highest BCUT2D eigenvalue weighted by atomic mass is 16.5. The minimum atomic E-state index is -0.254. The first-order valence-electron chi connectivity index (χ1n) is 8.54. The minimum Gasteiger partial charge on any atom is -0.480 e. The second-order valence-electron chi connectivity index (χ2n) is 6.12.